The summed E-state index contributed by atoms with van der Waals surface area (Å²) in [7, 11) is 0. The monoisotopic (exact) mass is 410 g/mol. The van der Waals surface area contributed by atoms with Gasteiger partial charge < -0.3 is 26.3 Å². The lowest BCUT2D eigenvalue weighted by atomic mass is 10.0. The van der Waals surface area contributed by atoms with Crippen molar-refractivity contribution in [3.05, 3.63) is 46.0 Å². The fourth-order valence-electron chi connectivity index (χ4n) is 3.89. The molecule has 4 aliphatic rings. The number of nitrogens with zero attached hydrogens (tertiary/aromatic N) is 1. The third-order valence-corrected chi connectivity index (χ3v) is 6.13. The zero-order valence-corrected chi connectivity index (χ0v) is 17.0. The van der Waals surface area contributed by atoms with Gasteiger partial charge in [0, 0.05) is 43.0 Å². The van der Waals surface area contributed by atoms with E-state index in [2.05, 4.69) is 43.9 Å². The molecule has 6 nitrogen and oxygen atoms in total. The SMILES string of the molecule is ClC1=CCC(Cl)C=C1CN1CCNC2=C1C=C(CNC1CCNCC1)NN2. The minimum Gasteiger partial charge on any atom is -0.367 e. The van der Waals surface area contributed by atoms with Gasteiger partial charge in [-0.3, -0.25) is 5.43 Å². The summed E-state index contributed by atoms with van der Waals surface area (Å²) in [5.41, 5.74) is 10.0. The quantitative estimate of drug-likeness (QED) is 0.442. The van der Waals surface area contributed by atoms with Crippen LogP contribution in [0.1, 0.15) is 19.3 Å². The fourth-order valence-corrected chi connectivity index (χ4v) is 4.34. The minimum absolute atomic E-state index is 0.0327. The number of allylic oxidation sites excluding steroid dienone is 3. The Labute approximate surface area is 171 Å². The predicted molar refractivity (Wildman–Crippen MR) is 111 cm³/mol. The Morgan fingerprint density at radius 1 is 1.19 bits per heavy atom. The Morgan fingerprint density at radius 3 is 2.89 bits per heavy atom. The number of hydrogen-bond acceptors (Lipinski definition) is 6. The molecule has 0 bridgehead atoms. The van der Waals surface area contributed by atoms with Crippen LogP contribution in [0.2, 0.25) is 0 Å². The van der Waals surface area contributed by atoms with Crippen LogP contribution in [-0.2, 0) is 0 Å². The van der Waals surface area contributed by atoms with E-state index in [1.807, 2.05) is 6.08 Å². The number of alkyl halides is 1. The highest BCUT2D eigenvalue weighted by atomic mass is 35.5. The van der Waals surface area contributed by atoms with Crippen molar-refractivity contribution in [3.63, 3.8) is 0 Å². The standard InChI is InChI=1S/C19H28Cl2N6/c20-14-1-2-17(21)13(9-14)12-27-8-7-23-19-18(27)10-16(25-26-19)11-24-15-3-5-22-6-4-15/h2,9-10,14-15,22-26H,1,3-8,11-12H2. The van der Waals surface area contributed by atoms with Gasteiger partial charge in [0.1, 0.15) is 5.82 Å². The van der Waals surface area contributed by atoms with E-state index in [-0.39, 0.29) is 5.38 Å². The van der Waals surface area contributed by atoms with Crippen LogP contribution in [0.5, 0.6) is 0 Å². The first kappa shape index (κ1) is 19.0. The number of nitrogens with one attached hydrogen (secondary N) is 5. The van der Waals surface area contributed by atoms with Gasteiger partial charge in [0.15, 0.2) is 0 Å². The molecule has 0 aromatic carbocycles. The second-order valence-electron chi connectivity index (χ2n) is 7.43. The molecule has 1 aliphatic carbocycles. The van der Waals surface area contributed by atoms with Crippen molar-refractivity contribution in [3.8, 4) is 0 Å². The van der Waals surface area contributed by atoms with E-state index in [4.69, 9.17) is 23.2 Å². The molecular weight excluding hydrogens is 383 g/mol. The lowest BCUT2D eigenvalue weighted by Crippen LogP contribution is -2.51. The fraction of sp³-hybridized carbons (Fsp3) is 0.579. The van der Waals surface area contributed by atoms with E-state index >= 15 is 0 Å². The summed E-state index contributed by atoms with van der Waals surface area (Å²) >= 11 is 12.7. The molecule has 0 amide bonds. The normalized spacial score (nSPS) is 26.2. The molecule has 0 spiro atoms. The highest BCUT2D eigenvalue weighted by molar-refractivity contribution is 6.32. The summed E-state index contributed by atoms with van der Waals surface area (Å²) in [6, 6.07) is 0.585. The molecule has 1 saturated heterocycles. The minimum atomic E-state index is 0.0327. The molecule has 0 aromatic rings. The topological polar surface area (TPSA) is 63.4 Å². The number of hydrogen-bond donors (Lipinski definition) is 5. The Bertz CT molecular complexity index is 678. The van der Waals surface area contributed by atoms with Gasteiger partial charge in [-0.1, -0.05) is 23.8 Å². The molecule has 1 atom stereocenters. The van der Waals surface area contributed by atoms with Gasteiger partial charge in [0.2, 0.25) is 0 Å². The second-order valence-corrected chi connectivity index (χ2v) is 8.40. The first-order valence-electron chi connectivity index (χ1n) is 9.79. The third-order valence-electron chi connectivity index (χ3n) is 5.43. The van der Waals surface area contributed by atoms with Crippen LogP contribution in [-0.4, -0.2) is 55.6 Å². The van der Waals surface area contributed by atoms with E-state index in [1.54, 1.807) is 0 Å². The molecule has 1 unspecified atom stereocenters. The summed E-state index contributed by atoms with van der Waals surface area (Å²) in [4.78, 5) is 2.36. The summed E-state index contributed by atoms with van der Waals surface area (Å²) < 4.78 is 0. The van der Waals surface area contributed by atoms with Gasteiger partial charge in [0.05, 0.1) is 11.1 Å². The van der Waals surface area contributed by atoms with Crippen LogP contribution in [0.25, 0.3) is 0 Å². The Hall–Kier alpha value is -1.34. The van der Waals surface area contributed by atoms with E-state index in [0.717, 1.165) is 67.8 Å². The molecule has 0 saturated carbocycles. The van der Waals surface area contributed by atoms with E-state index in [9.17, 15) is 0 Å². The second kappa shape index (κ2) is 8.78. The van der Waals surface area contributed by atoms with Crippen LogP contribution >= 0.6 is 23.2 Å². The van der Waals surface area contributed by atoms with Gasteiger partial charge >= 0.3 is 0 Å². The molecule has 1 fully saturated rings. The lowest BCUT2D eigenvalue weighted by molar-refractivity contribution is 0.332. The number of hydrazine groups is 1. The Kier molecular flexibility index (Phi) is 6.18. The number of halogens is 2. The van der Waals surface area contributed by atoms with E-state index in [0.29, 0.717) is 6.04 Å². The van der Waals surface area contributed by atoms with Gasteiger partial charge in [-0.2, -0.15) is 0 Å². The Morgan fingerprint density at radius 2 is 2.04 bits per heavy atom. The highest BCUT2D eigenvalue weighted by Gasteiger charge is 2.24. The largest absolute Gasteiger partial charge is 0.367 e. The maximum atomic E-state index is 6.42. The molecule has 0 aromatic heterocycles. The van der Waals surface area contributed by atoms with Crippen molar-refractivity contribution in [2.45, 2.75) is 30.7 Å². The van der Waals surface area contributed by atoms with Crippen molar-refractivity contribution in [1.29, 1.82) is 0 Å². The predicted octanol–water partition coefficient (Wildman–Crippen LogP) is 1.45. The molecule has 148 valence electrons. The average molecular weight is 411 g/mol. The summed E-state index contributed by atoms with van der Waals surface area (Å²) in [5, 5.41) is 11.4. The van der Waals surface area contributed by atoms with Crippen molar-refractivity contribution in [1.82, 2.24) is 31.7 Å². The van der Waals surface area contributed by atoms with Crippen LogP contribution in [0.15, 0.2) is 46.0 Å². The van der Waals surface area contributed by atoms with Crippen molar-refractivity contribution >= 4 is 23.2 Å². The van der Waals surface area contributed by atoms with E-state index in [1.165, 1.54) is 18.5 Å². The molecule has 3 heterocycles. The molecule has 0 radical (unpaired) electrons. The first-order valence-corrected chi connectivity index (χ1v) is 10.6. The van der Waals surface area contributed by atoms with Crippen LogP contribution in [0.3, 0.4) is 0 Å². The van der Waals surface area contributed by atoms with Crippen LogP contribution < -0.4 is 26.8 Å². The smallest absolute Gasteiger partial charge is 0.142 e. The van der Waals surface area contributed by atoms with Gasteiger partial charge in [-0.15, -0.1) is 11.6 Å². The van der Waals surface area contributed by atoms with Crippen molar-refractivity contribution in [2.24, 2.45) is 0 Å². The van der Waals surface area contributed by atoms with E-state index < -0.39 is 0 Å². The molecule has 8 heteroatoms. The molecular formula is C19H28Cl2N6. The number of rotatable bonds is 5. The third kappa shape index (κ3) is 4.74. The zero-order chi connectivity index (χ0) is 18.6. The number of piperidine rings is 1. The van der Waals surface area contributed by atoms with Crippen molar-refractivity contribution in [2.75, 3.05) is 39.3 Å². The maximum Gasteiger partial charge on any atom is 0.142 e. The summed E-state index contributed by atoms with van der Waals surface area (Å²) in [6.45, 7) is 5.62. The van der Waals surface area contributed by atoms with Gasteiger partial charge in [-0.05, 0) is 44.0 Å². The van der Waals surface area contributed by atoms with Crippen LogP contribution in [0.4, 0.5) is 0 Å². The zero-order valence-electron chi connectivity index (χ0n) is 15.5. The Balaban J connectivity index is 1.43. The molecule has 4 rings (SSSR count). The maximum absolute atomic E-state index is 6.42. The lowest BCUT2D eigenvalue weighted by Gasteiger charge is -2.37. The molecule has 3 aliphatic heterocycles. The van der Waals surface area contributed by atoms with Gasteiger partial charge in [-0.25, -0.2) is 0 Å². The molecule has 5 N–H and O–H groups in total. The first-order chi connectivity index (χ1) is 13.2. The summed E-state index contributed by atoms with van der Waals surface area (Å²) in [6.07, 6.45) is 9.51. The average Bonchev–Trinajstić information content (AvgIpc) is 2.70. The summed E-state index contributed by atoms with van der Waals surface area (Å²) in [5.74, 6) is 1.02. The van der Waals surface area contributed by atoms with Crippen LogP contribution in [0, 0.1) is 0 Å². The van der Waals surface area contributed by atoms with Crippen molar-refractivity contribution < 1.29 is 0 Å². The van der Waals surface area contributed by atoms with Gasteiger partial charge in [0.25, 0.3) is 0 Å². The molecule has 27 heavy (non-hydrogen) atoms. The highest BCUT2D eigenvalue weighted by Crippen LogP contribution is 2.28.